The number of likely N-dealkylation sites (tertiary alicyclic amines) is 1. The third-order valence-corrected chi connectivity index (χ3v) is 4.55. The minimum atomic E-state index is -0.341. The van der Waals surface area contributed by atoms with Gasteiger partial charge in [-0.1, -0.05) is 25.1 Å². The van der Waals surface area contributed by atoms with Crippen LogP contribution in [0.25, 0.3) is 11.8 Å². The normalized spacial score (nSPS) is 16.1. The van der Waals surface area contributed by atoms with Gasteiger partial charge in [0.1, 0.15) is 11.5 Å². The number of aromatic nitrogens is 1. The molecule has 1 aliphatic heterocycles. The van der Waals surface area contributed by atoms with Crippen molar-refractivity contribution in [1.29, 1.82) is 0 Å². The number of piperidine rings is 1. The van der Waals surface area contributed by atoms with Gasteiger partial charge in [0.05, 0.1) is 0 Å². The Morgan fingerprint density at radius 1 is 1.12 bits per heavy atom. The largest absolute Gasteiger partial charge is 0.337 e. The molecule has 0 radical (unpaired) electrons. The average molecular weight is 340 g/mol. The fourth-order valence-corrected chi connectivity index (χ4v) is 2.95. The molecule has 25 heavy (non-hydrogen) atoms. The monoisotopic (exact) mass is 340 g/mol. The van der Waals surface area contributed by atoms with Gasteiger partial charge in [-0.3, -0.25) is 14.2 Å². The first-order valence-electron chi connectivity index (χ1n) is 8.49. The summed E-state index contributed by atoms with van der Waals surface area (Å²) in [4.78, 5) is 27.1. The molecule has 1 aromatic carbocycles. The van der Waals surface area contributed by atoms with Gasteiger partial charge in [-0.15, -0.1) is 0 Å². The van der Waals surface area contributed by atoms with Gasteiger partial charge in [0.2, 0.25) is 0 Å². The highest BCUT2D eigenvalue weighted by molar-refractivity contribution is 6.18. The van der Waals surface area contributed by atoms with Crippen molar-refractivity contribution < 1.29 is 9.18 Å². The minimum absolute atomic E-state index is 0.176. The number of benzene rings is 1. The second-order valence-electron chi connectivity index (χ2n) is 6.46. The maximum Gasteiger partial charge on any atom is 0.270 e. The van der Waals surface area contributed by atoms with Crippen LogP contribution in [0.2, 0.25) is 0 Å². The van der Waals surface area contributed by atoms with Gasteiger partial charge in [0, 0.05) is 25.4 Å². The van der Waals surface area contributed by atoms with E-state index in [1.807, 2.05) is 0 Å². The van der Waals surface area contributed by atoms with Gasteiger partial charge in [-0.25, -0.2) is 4.39 Å². The average Bonchev–Trinajstić information content (AvgIpc) is 2.62. The van der Waals surface area contributed by atoms with E-state index in [2.05, 4.69) is 6.92 Å². The zero-order chi connectivity index (χ0) is 17.8. The Hall–Kier alpha value is -2.69. The standard InChI is InChI=1S/C20H21FN2O2/c1-15-9-12-22(13-10-15)20(25)18(23-11-3-2-4-19(23)24)14-16-5-7-17(21)8-6-16/h2-8,11,14-15H,9-10,12-13H2,1H3/b18-14+. The van der Waals surface area contributed by atoms with Crippen molar-refractivity contribution in [3.63, 3.8) is 0 Å². The summed E-state index contributed by atoms with van der Waals surface area (Å²) >= 11 is 0. The Labute approximate surface area is 146 Å². The SMILES string of the molecule is CC1CCN(C(=O)/C(=C\c2ccc(F)cc2)n2ccccc2=O)CC1. The molecule has 1 aliphatic rings. The molecule has 1 fully saturated rings. The van der Waals surface area contributed by atoms with Gasteiger partial charge in [0.15, 0.2) is 0 Å². The van der Waals surface area contributed by atoms with Crippen LogP contribution >= 0.6 is 0 Å². The molecule has 2 aromatic rings. The molecule has 0 bridgehead atoms. The van der Waals surface area contributed by atoms with Crippen LogP contribution in [0.5, 0.6) is 0 Å². The van der Waals surface area contributed by atoms with E-state index in [4.69, 9.17) is 0 Å². The number of nitrogens with zero attached hydrogens (tertiary/aromatic N) is 2. The van der Waals surface area contributed by atoms with E-state index < -0.39 is 0 Å². The van der Waals surface area contributed by atoms with Gasteiger partial charge in [-0.05, 0) is 48.6 Å². The molecule has 0 saturated carbocycles. The fourth-order valence-electron chi connectivity index (χ4n) is 2.95. The van der Waals surface area contributed by atoms with Crippen LogP contribution in [-0.4, -0.2) is 28.5 Å². The first kappa shape index (κ1) is 17.1. The quantitative estimate of drug-likeness (QED) is 0.805. The van der Waals surface area contributed by atoms with Gasteiger partial charge in [0.25, 0.3) is 11.5 Å². The van der Waals surface area contributed by atoms with E-state index >= 15 is 0 Å². The molecule has 0 unspecified atom stereocenters. The molecule has 3 rings (SSSR count). The smallest absolute Gasteiger partial charge is 0.270 e. The number of hydrogen-bond donors (Lipinski definition) is 0. The van der Waals surface area contributed by atoms with Crippen molar-refractivity contribution in [2.75, 3.05) is 13.1 Å². The van der Waals surface area contributed by atoms with Gasteiger partial charge in [-0.2, -0.15) is 0 Å². The number of carbonyl (C=O) groups excluding carboxylic acids is 1. The lowest BCUT2D eigenvalue weighted by Crippen LogP contribution is -2.40. The van der Waals surface area contributed by atoms with Crippen molar-refractivity contribution in [3.8, 4) is 0 Å². The number of rotatable bonds is 3. The third-order valence-electron chi connectivity index (χ3n) is 4.55. The van der Waals surface area contributed by atoms with Crippen molar-refractivity contribution in [2.45, 2.75) is 19.8 Å². The highest BCUT2D eigenvalue weighted by Gasteiger charge is 2.24. The van der Waals surface area contributed by atoms with E-state index in [1.54, 1.807) is 41.4 Å². The summed E-state index contributed by atoms with van der Waals surface area (Å²) in [6.07, 6.45) is 5.14. The second-order valence-corrected chi connectivity index (χ2v) is 6.46. The molecule has 130 valence electrons. The second kappa shape index (κ2) is 7.47. The maximum atomic E-state index is 13.1. The van der Waals surface area contributed by atoms with Crippen LogP contribution in [0, 0.1) is 11.7 Å². The Morgan fingerprint density at radius 2 is 1.80 bits per heavy atom. The number of halogens is 1. The van der Waals surface area contributed by atoms with Crippen molar-refractivity contribution in [2.24, 2.45) is 5.92 Å². The molecule has 0 aliphatic carbocycles. The molecule has 0 N–H and O–H groups in total. The molecular formula is C20H21FN2O2. The number of pyridine rings is 1. The number of hydrogen-bond acceptors (Lipinski definition) is 2. The molecule has 0 atom stereocenters. The Balaban J connectivity index is 2.00. The Kier molecular flexibility index (Phi) is 5.12. The summed E-state index contributed by atoms with van der Waals surface area (Å²) in [6.45, 7) is 3.55. The first-order chi connectivity index (χ1) is 12.0. The third kappa shape index (κ3) is 4.05. The molecule has 5 heteroatoms. The van der Waals surface area contributed by atoms with E-state index in [1.165, 1.54) is 22.8 Å². The zero-order valence-electron chi connectivity index (χ0n) is 14.2. The van der Waals surface area contributed by atoms with Crippen LogP contribution in [0.15, 0.2) is 53.5 Å². The highest BCUT2D eigenvalue weighted by Crippen LogP contribution is 2.20. The van der Waals surface area contributed by atoms with Gasteiger partial charge >= 0.3 is 0 Å². The summed E-state index contributed by atoms with van der Waals surface area (Å²) < 4.78 is 14.5. The lowest BCUT2D eigenvalue weighted by Gasteiger charge is -2.31. The molecule has 1 saturated heterocycles. The zero-order valence-corrected chi connectivity index (χ0v) is 14.2. The predicted molar refractivity (Wildman–Crippen MR) is 96.2 cm³/mol. The Morgan fingerprint density at radius 3 is 2.44 bits per heavy atom. The minimum Gasteiger partial charge on any atom is -0.337 e. The van der Waals surface area contributed by atoms with Gasteiger partial charge < -0.3 is 4.90 Å². The van der Waals surface area contributed by atoms with E-state index in [9.17, 15) is 14.0 Å². The van der Waals surface area contributed by atoms with Crippen LogP contribution in [0.4, 0.5) is 4.39 Å². The summed E-state index contributed by atoms with van der Waals surface area (Å²) in [5.74, 6) is 0.0875. The number of amides is 1. The van der Waals surface area contributed by atoms with Crippen molar-refractivity contribution >= 4 is 17.7 Å². The summed E-state index contributed by atoms with van der Waals surface area (Å²) in [5.41, 5.74) is 0.687. The molecule has 0 spiro atoms. The lowest BCUT2D eigenvalue weighted by atomic mass is 9.99. The van der Waals surface area contributed by atoms with Crippen LogP contribution in [-0.2, 0) is 4.79 Å². The Bertz CT molecular complexity index is 831. The first-order valence-corrected chi connectivity index (χ1v) is 8.49. The molecule has 1 amide bonds. The fraction of sp³-hybridized carbons (Fsp3) is 0.300. The van der Waals surface area contributed by atoms with Crippen LogP contribution in [0.3, 0.4) is 0 Å². The number of carbonyl (C=O) groups is 1. The van der Waals surface area contributed by atoms with E-state index in [-0.39, 0.29) is 23.0 Å². The summed E-state index contributed by atoms with van der Waals surface area (Å²) in [5, 5.41) is 0. The molecule has 4 nitrogen and oxygen atoms in total. The topological polar surface area (TPSA) is 42.3 Å². The molecule has 1 aromatic heterocycles. The van der Waals surface area contributed by atoms with Crippen molar-refractivity contribution in [3.05, 3.63) is 70.4 Å². The summed E-state index contributed by atoms with van der Waals surface area (Å²) in [7, 11) is 0. The lowest BCUT2D eigenvalue weighted by molar-refractivity contribution is -0.126. The van der Waals surface area contributed by atoms with Crippen LogP contribution in [0.1, 0.15) is 25.3 Å². The highest BCUT2D eigenvalue weighted by atomic mass is 19.1. The van der Waals surface area contributed by atoms with E-state index in [0.717, 1.165) is 12.8 Å². The predicted octanol–water partition coefficient (Wildman–Crippen LogP) is 3.24. The van der Waals surface area contributed by atoms with Crippen LogP contribution < -0.4 is 5.56 Å². The summed E-state index contributed by atoms with van der Waals surface area (Å²) in [6, 6.07) is 10.6. The maximum absolute atomic E-state index is 13.1. The van der Waals surface area contributed by atoms with Crippen molar-refractivity contribution in [1.82, 2.24) is 9.47 Å². The molecular weight excluding hydrogens is 319 g/mol. The van der Waals surface area contributed by atoms with E-state index in [0.29, 0.717) is 24.6 Å². The molecule has 2 heterocycles.